The minimum atomic E-state index is 0.00208. The number of nitrogens with zero attached hydrogens (tertiary/aromatic N) is 2. The number of hydrogen-bond donors (Lipinski definition) is 2. The highest BCUT2D eigenvalue weighted by atomic mass is 16.2. The first-order chi connectivity index (χ1) is 8.13. The van der Waals surface area contributed by atoms with E-state index in [1.54, 1.807) is 18.5 Å². The van der Waals surface area contributed by atoms with E-state index in [1.807, 2.05) is 4.90 Å². The summed E-state index contributed by atoms with van der Waals surface area (Å²) in [7, 11) is 0. The zero-order valence-electron chi connectivity index (χ0n) is 10.2. The van der Waals surface area contributed by atoms with Crippen LogP contribution in [-0.4, -0.2) is 28.9 Å². The van der Waals surface area contributed by atoms with E-state index in [2.05, 4.69) is 24.3 Å². The van der Waals surface area contributed by atoms with Gasteiger partial charge in [-0.3, -0.25) is 15.6 Å². The lowest BCUT2D eigenvalue weighted by Crippen LogP contribution is -2.30. The number of pyridine rings is 1. The van der Waals surface area contributed by atoms with E-state index in [1.165, 1.54) is 0 Å². The van der Waals surface area contributed by atoms with E-state index in [0.29, 0.717) is 23.1 Å². The molecule has 0 aliphatic carbocycles. The van der Waals surface area contributed by atoms with Gasteiger partial charge >= 0.3 is 0 Å². The van der Waals surface area contributed by atoms with E-state index >= 15 is 0 Å². The van der Waals surface area contributed by atoms with Gasteiger partial charge in [0.15, 0.2) is 0 Å². The van der Waals surface area contributed by atoms with Crippen LogP contribution in [0, 0.1) is 11.8 Å². The van der Waals surface area contributed by atoms with Crippen LogP contribution in [-0.2, 0) is 0 Å². The number of nitrogens with two attached hydrogens (primary N) is 1. The number of hydrazine groups is 1. The molecule has 17 heavy (non-hydrogen) atoms. The van der Waals surface area contributed by atoms with Crippen molar-refractivity contribution in [2.75, 3.05) is 18.5 Å². The molecule has 2 rings (SSSR count). The maximum Gasteiger partial charge on any atom is 0.257 e. The fourth-order valence-electron chi connectivity index (χ4n) is 2.16. The lowest BCUT2D eigenvalue weighted by Gasteiger charge is -2.17. The Kier molecular flexibility index (Phi) is 3.28. The Morgan fingerprint density at radius 3 is 2.71 bits per heavy atom. The van der Waals surface area contributed by atoms with Gasteiger partial charge in [-0.1, -0.05) is 13.8 Å². The third-order valence-corrected chi connectivity index (χ3v) is 3.48. The maximum atomic E-state index is 12.3. The summed E-state index contributed by atoms with van der Waals surface area (Å²) in [5.41, 5.74) is 3.70. The zero-order chi connectivity index (χ0) is 12.4. The molecule has 1 amide bonds. The van der Waals surface area contributed by atoms with Crippen LogP contribution in [0.1, 0.15) is 24.2 Å². The Hall–Kier alpha value is -1.62. The smallest absolute Gasteiger partial charge is 0.257 e. The van der Waals surface area contributed by atoms with Gasteiger partial charge in [-0.15, -0.1) is 0 Å². The Bertz CT molecular complexity index is 411. The third-order valence-electron chi connectivity index (χ3n) is 3.48. The largest absolute Gasteiger partial charge is 0.338 e. The molecule has 5 nitrogen and oxygen atoms in total. The fourth-order valence-corrected chi connectivity index (χ4v) is 2.16. The second-order valence-electron chi connectivity index (χ2n) is 4.73. The normalized spacial score (nSPS) is 23.8. The molecule has 1 aromatic rings. The van der Waals surface area contributed by atoms with Crippen LogP contribution in [0.5, 0.6) is 0 Å². The van der Waals surface area contributed by atoms with Crippen molar-refractivity contribution in [3.05, 3.63) is 24.0 Å². The summed E-state index contributed by atoms with van der Waals surface area (Å²) in [4.78, 5) is 18.2. The average Bonchev–Trinajstić information content (AvgIpc) is 2.68. The Morgan fingerprint density at radius 2 is 2.12 bits per heavy atom. The molecule has 2 atom stereocenters. The number of nitrogens with one attached hydrogen (secondary N) is 1. The van der Waals surface area contributed by atoms with E-state index in [0.717, 1.165) is 13.1 Å². The van der Waals surface area contributed by atoms with E-state index in [9.17, 15) is 4.79 Å². The summed E-state index contributed by atoms with van der Waals surface area (Å²) >= 11 is 0. The summed E-state index contributed by atoms with van der Waals surface area (Å²) < 4.78 is 0. The van der Waals surface area contributed by atoms with Gasteiger partial charge in [-0.05, 0) is 17.9 Å². The van der Waals surface area contributed by atoms with Crippen LogP contribution in [0.25, 0.3) is 0 Å². The molecule has 1 fully saturated rings. The molecule has 1 aliphatic rings. The number of likely N-dealkylation sites (tertiary alicyclic amines) is 1. The molecule has 0 bridgehead atoms. The number of aromatic nitrogens is 1. The molecule has 92 valence electrons. The molecular weight excluding hydrogens is 216 g/mol. The van der Waals surface area contributed by atoms with Crippen LogP contribution < -0.4 is 11.3 Å². The molecule has 0 aromatic carbocycles. The predicted octanol–water partition coefficient (Wildman–Crippen LogP) is 1.10. The van der Waals surface area contributed by atoms with Crippen molar-refractivity contribution in [2.45, 2.75) is 13.8 Å². The lowest BCUT2D eigenvalue weighted by atomic mass is 10.0. The summed E-state index contributed by atoms with van der Waals surface area (Å²) in [6.45, 7) is 5.95. The number of carbonyl (C=O) groups is 1. The van der Waals surface area contributed by atoms with Gasteiger partial charge in [-0.25, -0.2) is 0 Å². The Balaban J connectivity index is 2.20. The van der Waals surface area contributed by atoms with Gasteiger partial charge in [0.05, 0.1) is 11.3 Å². The van der Waals surface area contributed by atoms with Crippen molar-refractivity contribution >= 4 is 11.6 Å². The number of anilines is 1. The predicted molar refractivity (Wildman–Crippen MR) is 66.3 cm³/mol. The van der Waals surface area contributed by atoms with Crippen molar-refractivity contribution in [1.82, 2.24) is 9.88 Å². The maximum absolute atomic E-state index is 12.3. The lowest BCUT2D eigenvalue weighted by molar-refractivity contribution is 0.0785. The highest BCUT2D eigenvalue weighted by molar-refractivity contribution is 5.99. The SMILES string of the molecule is CC1CN(C(=O)c2cnccc2NN)CC1C. The molecular formula is C12H18N4O. The van der Waals surface area contributed by atoms with Crippen LogP contribution in [0.15, 0.2) is 18.5 Å². The number of hydrogen-bond acceptors (Lipinski definition) is 4. The standard InChI is InChI=1S/C12H18N4O/c1-8-6-16(7-9(8)2)12(17)10-5-14-4-3-11(10)15-13/h3-5,8-9H,6-7,13H2,1-2H3,(H,14,15). The van der Waals surface area contributed by atoms with Crippen molar-refractivity contribution < 1.29 is 4.79 Å². The monoisotopic (exact) mass is 234 g/mol. The van der Waals surface area contributed by atoms with Crippen LogP contribution in [0.2, 0.25) is 0 Å². The second-order valence-corrected chi connectivity index (χ2v) is 4.73. The first kappa shape index (κ1) is 11.9. The van der Waals surface area contributed by atoms with Crippen LogP contribution >= 0.6 is 0 Å². The molecule has 2 unspecified atom stereocenters. The first-order valence-corrected chi connectivity index (χ1v) is 5.83. The van der Waals surface area contributed by atoms with Gasteiger partial charge < -0.3 is 10.3 Å². The zero-order valence-corrected chi connectivity index (χ0v) is 10.2. The first-order valence-electron chi connectivity index (χ1n) is 5.83. The highest BCUT2D eigenvalue weighted by Gasteiger charge is 2.30. The van der Waals surface area contributed by atoms with Crippen LogP contribution in [0.3, 0.4) is 0 Å². The molecule has 1 aromatic heterocycles. The van der Waals surface area contributed by atoms with Crippen LogP contribution in [0.4, 0.5) is 5.69 Å². The fraction of sp³-hybridized carbons (Fsp3) is 0.500. The Morgan fingerprint density at radius 1 is 1.47 bits per heavy atom. The van der Waals surface area contributed by atoms with Gasteiger partial charge in [0.1, 0.15) is 0 Å². The molecule has 0 radical (unpaired) electrons. The van der Waals surface area contributed by atoms with Gasteiger partial charge in [0.2, 0.25) is 0 Å². The van der Waals surface area contributed by atoms with Crippen molar-refractivity contribution in [3.8, 4) is 0 Å². The highest BCUT2D eigenvalue weighted by Crippen LogP contribution is 2.25. The molecule has 0 spiro atoms. The van der Waals surface area contributed by atoms with Crippen molar-refractivity contribution in [1.29, 1.82) is 0 Å². The molecule has 2 heterocycles. The third kappa shape index (κ3) is 2.24. The van der Waals surface area contributed by atoms with E-state index in [-0.39, 0.29) is 5.91 Å². The minimum Gasteiger partial charge on any atom is -0.338 e. The number of nitrogen functional groups attached to an aromatic ring is 1. The number of carbonyl (C=O) groups excluding carboxylic acids is 1. The number of rotatable bonds is 2. The second kappa shape index (κ2) is 4.71. The topological polar surface area (TPSA) is 71.2 Å². The van der Waals surface area contributed by atoms with E-state index in [4.69, 9.17) is 5.84 Å². The molecule has 1 saturated heterocycles. The summed E-state index contributed by atoms with van der Waals surface area (Å²) in [6, 6.07) is 1.70. The number of amides is 1. The average molecular weight is 234 g/mol. The van der Waals surface area contributed by atoms with Crippen molar-refractivity contribution in [2.24, 2.45) is 17.7 Å². The molecule has 1 aliphatic heterocycles. The molecule has 0 saturated carbocycles. The van der Waals surface area contributed by atoms with Crippen molar-refractivity contribution in [3.63, 3.8) is 0 Å². The van der Waals surface area contributed by atoms with Gasteiger partial charge in [0.25, 0.3) is 5.91 Å². The summed E-state index contributed by atoms with van der Waals surface area (Å²) in [5, 5.41) is 0. The summed E-state index contributed by atoms with van der Waals surface area (Å²) in [6.07, 6.45) is 3.17. The van der Waals surface area contributed by atoms with Gasteiger partial charge in [-0.2, -0.15) is 0 Å². The van der Waals surface area contributed by atoms with Gasteiger partial charge in [0, 0.05) is 25.5 Å². The quantitative estimate of drug-likeness (QED) is 0.593. The Labute approximate surface area is 101 Å². The summed E-state index contributed by atoms with van der Waals surface area (Å²) in [5.74, 6) is 6.49. The molecule has 5 heteroatoms. The minimum absolute atomic E-state index is 0.00208. The molecule has 3 N–H and O–H groups in total. The van der Waals surface area contributed by atoms with E-state index < -0.39 is 0 Å².